The minimum atomic E-state index is -0.644. The summed E-state index contributed by atoms with van der Waals surface area (Å²) in [5.41, 5.74) is 6.53. The summed E-state index contributed by atoms with van der Waals surface area (Å²) in [6, 6.07) is 2.60. The molecule has 2 rings (SSSR count). The van der Waals surface area contributed by atoms with E-state index in [4.69, 9.17) is 5.73 Å². The highest BCUT2D eigenvalue weighted by molar-refractivity contribution is 5.78. The number of likely N-dealkylation sites (tertiary alicyclic amines) is 1. The average Bonchev–Trinajstić information content (AvgIpc) is 2.32. The van der Waals surface area contributed by atoms with E-state index in [1.165, 1.54) is 12.1 Å². The van der Waals surface area contributed by atoms with Gasteiger partial charge in [-0.3, -0.25) is 4.79 Å². The first-order chi connectivity index (χ1) is 9.38. The van der Waals surface area contributed by atoms with Crippen molar-refractivity contribution in [1.29, 1.82) is 0 Å². The van der Waals surface area contributed by atoms with Crippen LogP contribution < -0.4 is 5.73 Å². The monoisotopic (exact) mass is 282 g/mol. The van der Waals surface area contributed by atoms with E-state index < -0.39 is 17.7 Å². The van der Waals surface area contributed by atoms with Crippen LogP contribution in [-0.2, 0) is 4.79 Å². The van der Waals surface area contributed by atoms with Crippen molar-refractivity contribution in [2.45, 2.75) is 38.8 Å². The van der Waals surface area contributed by atoms with Crippen LogP contribution in [-0.4, -0.2) is 23.4 Å². The third-order valence-corrected chi connectivity index (χ3v) is 3.54. The first kappa shape index (κ1) is 14.9. The molecule has 3 nitrogen and oxygen atoms in total. The lowest BCUT2D eigenvalue weighted by atomic mass is 9.89. The van der Waals surface area contributed by atoms with E-state index in [9.17, 15) is 13.6 Å². The van der Waals surface area contributed by atoms with Crippen LogP contribution in [0.5, 0.6) is 0 Å². The second-order valence-corrected chi connectivity index (χ2v) is 5.79. The molecule has 1 saturated heterocycles. The fourth-order valence-electron chi connectivity index (χ4n) is 2.76. The summed E-state index contributed by atoms with van der Waals surface area (Å²) in [5, 5.41) is 0. The molecule has 20 heavy (non-hydrogen) atoms. The smallest absolute Gasteiger partial charge is 0.223 e. The number of hydrogen-bond acceptors (Lipinski definition) is 2. The molecule has 1 aromatic carbocycles. The number of carbonyl (C=O) groups is 1. The Morgan fingerprint density at radius 3 is 2.45 bits per heavy atom. The Bertz CT molecular complexity index is 484. The third-order valence-electron chi connectivity index (χ3n) is 3.54. The van der Waals surface area contributed by atoms with Crippen molar-refractivity contribution in [3.63, 3.8) is 0 Å². The molecule has 0 saturated carbocycles. The standard InChI is InChI=1S/C15H20F2N2O/c1-9(2)8-19-14(20)4-3-13(18)15(19)10-5-11(16)7-12(17)6-10/h5-7,9,13,15H,3-4,8,18H2,1-2H3. The molecule has 1 heterocycles. The van der Waals surface area contributed by atoms with Crippen molar-refractivity contribution < 1.29 is 13.6 Å². The van der Waals surface area contributed by atoms with Gasteiger partial charge >= 0.3 is 0 Å². The predicted octanol–water partition coefficient (Wildman–Crippen LogP) is 2.61. The van der Waals surface area contributed by atoms with Gasteiger partial charge in [0, 0.05) is 25.1 Å². The molecule has 0 aromatic heterocycles. The molecule has 1 aliphatic rings. The highest BCUT2D eigenvalue weighted by Gasteiger charge is 2.35. The van der Waals surface area contributed by atoms with E-state index >= 15 is 0 Å². The van der Waals surface area contributed by atoms with Gasteiger partial charge in [0.25, 0.3) is 0 Å². The van der Waals surface area contributed by atoms with E-state index in [1.807, 2.05) is 13.8 Å². The molecular weight excluding hydrogens is 262 g/mol. The van der Waals surface area contributed by atoms with E-state index in [2.05, 4.69) is 0 Å². The lowest BCUT2D eigenvalue weighted by Gasteiger charge is -2.41. The molecule has 0 bridgehead atoms. The van der Waals surface area contributed by atoms with Gasteiger partial charge in [-0.25, -0.2) is 8.78 Å². The number of nitrogens with zero attached hydrogens (tertiary/aromatic N) is 1. The normalized spacial score (nSPS) is 23.5. The zero-order valence-electron chi connectivity index (χ0n) is 11.8. The van der Waals surface area contributed by atoms with Crippen LogP contribution in [0, 0.1) is 17.6 Å². The molecule has 5 heteroatoms. The number of piperidine rings is 1. The minimum Gasteiger partial charge on any atom is -0.334 e. The quantitative estimate of drug-likeness (QED) is 0.926. The predicted molar refractivity (Wildman–Crippen MR) is 72.9 cm³/mol. The maximum atomic E-state index is 13.4. The van der Waals surface area contributed by atoms with Gasteiger partial charge < -0.3 is 10.6 Å². The topological polar surface area (TPSA) is 46.3 Å². The highest BCUT2D eigenvalue weighted by Crippen LogP contribution is 2.32. The zero-order chi connectivity index (χ0) is 14.9. The van der Waals surface area contributed by atoms with E-state index in [0.29, 0.717) is 24.9 Å². The maximum Gasteiger partial charge on any atom is 0.223 e. The number of nitrogens with two attached hydrogens (primary N) is 1. The van der Waals surface area contributed by atoms with Crippen LogP contribution in [0.15, 0.2) is 18.2 Å². The molecule has 1 aromatic rings. The molecule has 1 fully saturated rings. The summed E-state index contributed by atoms with van der Waals surface area (Å²) in [7, 11) is 0. The average molecular weight is 282 g/mol. The van der Waals surface area contributed by atoms with Gasteiger partial charge in [-0.05, 0) is 30.0 Å². The Morgan fingerprint density at radius 2 is 1.90 bits per heavy atom. The number of benzene rings is 1. The Kier molecular flexibility index (Phi) is 4.38. The van der Waals surface area contributed by atoms with Crippen molar-refractivity contribution in [1.82, 2.24) is 4.90 Å². The fraction of sp³-hybridized carbons (Fsp3) is 0.533. The molecule has 0 aliphatic carbocycles. The van der Waals surface area contributed by atoms with Gasteiger partial charge in [-0.2, -0.15) is 0 Å². The molecule has 1 amide bonds. The van der Waals surface area contributed by atoms with Gasteiger partial charge in [0.1, 0.15) is 11.6 Å². The van der Waals surface area contributed by atoms with Crippen molar-refractivity contribution >= 4 is 5.91 Å². The Hall–Kier alpha value is -1.49. The summed E-state index contributed by atoms with van der Waals surface area (Å²) >= 11 is 0. The van der Waals surface area contributed by atoms with Crippen LogP contribution in [0.2, 0.25) is 0 Å². The minimum absolute atomic E-state index is 0.00457. The van der Waals surface area contributed by atoms with Gasteiger partial charge in [-0.15, -0.1) is 0 Å². The summed E-state index contributed by atoms with van der Waals surface area (Å²) < 4.78 is 26.8. The molecule has 0 radical (unpaired) electrons. The maximum absolute atomic E-state index is 13.4. The van der Waals surface area contributed by atoms with Crippen LogP contribution >= 0.6 is 0 Å². The number of halogens is 2. The summed E-state index contributed by atoms with van der Waals surface area (Å²) in [6.45, 7) is 4.53. The SMILES string of the molecule is CC(C)CN1C(=O)CCC(N)C1c1cc(F)cc(F)c1. The largest absolute Gasteiger partial charge is 0.334 e. The lowest BCUT2D eigenvalue weighted by Crippen LogP contribution is -2.50. The second-order valence-electron chi connectivity index (χ2n) is 5.79. The van der Waals surface area contributed by atoms with Crippen LogP contribution in [0.1, 0.15) is 38.3 Å². The van der Waals surface area contributed by atoms with Gasteiger partial charge in [0.2, 0.25) is 5.91 Å². The third kappa shape index (κ3) is 3.15. The second kappa shape index (κ2) is 5.87. The van der Waals surface area contributed by atoms with Crippen LogP contribution in [0.4, 0.5) is 8.78 Å². The Balaban J connectivity index is 2.38. The zero-order valence-corrected chi connectivity index (χ0v) is 11.8. The van der Waals surface area contributed by atoms with Crippen molar-refractivity contribution in [2.24, 2.45) is 11.7 Å². The molecular formula is C15H20F2N2O. The molecule has 1 aliphatic heterocycles. The van der Waals surface area contributed by atoms with Crippen molar-refractivity contribution in [3.8, 4) is 0 Å². The highest BCUT2D eigenvalue weighted by atomic mass is 19.1. The van der Waals surface area contributed by atoms with E-state index in [-0.39, 0.29) is 17.9 Å². The van der Waals surface area contributed by atoms with Crippen molar-refractivity contribution in [3.05, 3.63) is 35.4 Å². The van der Waals surface area contributed by atoms with Gasteiger partial charge in [-0.1, -0.05) is 13.8 Å². The summed E-state index contributed by atoms with van der Waals surface area (Å²) in [4.78, 5) is 13.8. The van der Waals surface area contributed by atoms with Gasteiger partial charge in [0.15, 0.2) is 0 Å². The lowest BCUT2D eigenvalue weighted by molar-refractivity contribution is -0.138. The van der Waals surface area contributed by atoms with Crippen molar-refractivity contribution in [2.75, 3.05) is 6.54 Å². The van der Waals surface area contributed by atoms with Crippen LogP contribution in [0.3, 0.4) is 0 Å². The number of carbonyl (C=O) groups excluding carboxylic acids is 1. The molecule has 2 N–H and O–H groups in total. The first-order valence-corrected chi connectivity index (χ1v) is 6.89. The number of hydrogen-bond donors (Lipinski definition) is 1. The van der Waals surface area contributed by atoms with Crippen LogP contribution in [0.25, 0.3) is 0 Å². The summed E-state index contributed by atoms with van der Waals surface area (Å²) in [5.74, 6) is -1.02. The summed E-state index contributed by atoms with van der Waals surface area (Å²) in [6.07, 6.45) is 0.929. The molecule has 110 valence electrons. The van der Waals surface area contributed by atoms with E-state index in [1.54, 1.807) is 4.90 Å². The Labute approximate surface area is 117 Å². The van der Waals surface area contributed by atoms with Gasteiger partial charge in [0.05, 0.1) is 6.04 Å². The molecule has 0 spiro atoms. The number of amides is 1. The first-order valence-electron chi connectivity index (χ1n) is 6.89. The number of rotatable bonds is 3. The van der Waals surface area contributed by atoms with E-state index in [0.717, 1.165) is 6.07 Å². The molecule has 2 atom stereocenters. The Morgan fingerprint density at radius 1 is 1.30 bits per heavy atom. The molecule has 2 unspecified atom stereocenters. The fourth-order valence-corrected chi connectivity index (χ4v) is 2.76.